The molecule has 0 aliphatic carbocycles. The zero-order valence-electron chi connectivity index (χ0n) is 12.2. The highest BCUT2D eigenvalue weighted by Crippen LogP contribution is 2.22. The van der Waals surface area contributed by atoms with Gasteiger partial charge in [-0.3, -0.25) is 4.98 Å². The molecule has 2 nitrogen and oxygen atoms in total. The van der Waals surface area contributed by atoms with Crippen LogP contribution in [0.15, 0.2) is 36.7 Å². The summed E-state index contributed by atoms with van der Waals surface area (Å²) in [7, 11) is 0. The van der Waals surface area contributed by atoms with Crippen molar-refractivity contribution in [1.82, 2.24) is 10.3 Å². The molecule has 0 radical (unpaired) electrons. The summed E-state index contributed by atoms with van der Waals surface area (Å²) in [5.41, 5.74) is 6.25. The summed E-state index contributed by atoms with van der Waals surface area (Å²) in [5, 5.41) is 3.42. The number of benzene rings is 1. The smallest absolute Gasteiger partial charge is 0.0346 e. The lowest BCUT2D eigenvalue weighted by atomic mass is 10.0. The molecule has 1 aromatic heterocycles. The number of rotatable bonds is 4. The molecule has 0 bridgehead atoms. The standard InChI is InChI=1S/C17H22N2/c1-12(2)19-10-15-8-17(11-18-9-15)16-6-13(3)5-14(4)7-16/h5-9,11-12,19H,10H2,1-4H3. The molecule has 1 heterocycles. The van der Waals surface area contributed by atoms with E-state index in [0.717, 1.165) is 6.54 Å². The third-order valence-corrected chi connectivity index (χ3v) is 3.06. The normalized spacial score (nSPS) is 11.0. The van der Waals surface area contributed by atoms with Crippen molar-refractivity contribution in [3.05, 3.63) is 53.3 Å². The predicted octanol–water partition coefficient (Wildman–Crippen LogP) is 3.86. The van der Waals surface area contributed by atoms with E-state index in [1.54, 1.807) is 0 Å². The fraction of sp³-hybridized carbons (Fsp3) is 0.353. The highest BCUT2D eigenvalue weighted by atomic mass is 14.9. The number of nitrogens with zero attached hydrogens (tertiary/aromatic N) is 1. The quantitative estimate of drug-likeness (QED) is 0.896. The molecule has 0 saturated heterocycles. The van der Waals surface area contributed by atoms with Gasteiger partial charge in [-0.05, 0) is 31.0 Å². The molecule has 0 spiro atoms. The van der Waals surface area contributed by atoms with Crippen molar-refractivity contribution in [2.24, 2.45) is 0 Å². The first-order chi connectivity index (χ1) is 9.04. The van der Waals surface area contributed by atoms with Gasteiger partial charge in [0.2, 0.25) is 0 Å². The lowest BCUT2D eigenvalue weighted by molar-refractivity contribution is 0.588. The molecule has 1 N–H and O–H groups in total. The Morgan fingerprint density at radius 1 is 0.947 bits per heavy atom. The fourth-order valence-corrected chi connectivity index (χ4v) is 2.21. The second-order valence-electron chi connectivity index (χ2n) is 5.49. The minimum atomic E-state index is 0.491. The van der Waals surface area contributed by atoms with E-state index in [9.17, 15) is 0 Å². The van der Waals surface area contributed by atoms with Crippen LogP contribution in [0.5, 0.6) is 0 Å². The van der Waals surface area contributed by atoms with Gasteiger partial charge in [0.05, 0.1) is 0 Å². The highest BCUT2D eigenvalue weighted by Gasteiger charge is 2.02. The predicted molar refractivity (Wildman–Crippen MR) is 81.1 cm³/mol. The van der Waals surface area contributed by atoms with Crippen molar-refractivity contribution < 1.29 is 0 Å². The van der Waals surface area contributed by atoms with Gasteiger partial charge < -0.3 is 5.32 Å². The zero-order chi connectivity index (χ0) is 13.8. The summed E-state index contributed by atoms with van der Waals surface area (Å²) in [6, 6.07) is 9.33. The molecule has 100 valence electrons. The van der Waals surface area contributed by atoms with Gasteiger partial charge in [0, 0.05) is 30.5 Å². The van der Waals surface area contributed by atoms with Crippen molar-refractivity contribution in [3.63, 3.8) is 0 Å². The topological polar surface area (TPSA) is 24.9 Å². The van der Waals surface area contributed by atoms with Crippen molar-refractivity contribution in [1.29, 1.82) is 0 Å². The SMILES string of the molecule is Cc1cc(C)cc(-c2cncc(CNC(C)C)c2)c1. The van der Waals surface area contributed by atoms with Gasteiger partial charge in [-0.1, -0.05) is 43.2 Å². The molecule has 0 saturated carbocycles. The molecule has 2 aromatic rings. The van der Waals surface area contributed by atoms with Crippen LogP contribution in [0, 0.1) is 13.8 Å². The van der Waals surface area contributed by atoms with Gasteiger partial charge >= 0.3 is 0 Å². The van der Waals surface area contributed by atoms with Crippen LogP contribution in [0.25, 0.3) is 11.1 Å². The van der Waals surface area contributed by atoms with Crippen LogP contribution in [-0.4, -0.2) is 11.0 Å². The van der Waals surface area contributed by atoms with Crippen molar-refractivity contribution >= 4 is 0 Å². The van der Waals surface area contributed by atoms with Gasteiger partial charge in [-0.2, -0.15) is 0 Å². The van der Waals surface area contributed by atoms with E-state index in [0.29, 0.717) is 6.04 Å². The largest absolute Gasteiger partial charge is 0.310 e. The van der Waals surface area contributed by atoms with Crippen LogP contribution in [0.4, 0.5) is 0 Å². The molecule has 19 heavy (non-hydrogen) atoms. The summed E-state index contributed by atoms with van der Waals surface area (Å²) in [5.74, 6) is 0. The maximum Gasteiger partial charge on any atom is 0.0346 e. The number of nitrogens with one attached hydrogen (secondary N) is 1. The van der Waals surface area contributed by atoms with E-state index in [-0.39, 0.29) is 0 Å². The number of pyridine rings is 1. The molecule has 0 aliphatic rings. The van der Waals surface area contributed by atoms with Crippen LogP contribution in [0.2, 0.25) is 0 Å². The van der Waals surface area contributed by atoms with Crippen molar-refractivity contribution in [3.8, 4) is 11.1 Å². The van der Waals surface area contributed by atoms with E-state index < -0.39 is 0 Å². The summed E-state index contributed by atoms with van der Waals surface area (Å²) in [6.07, 6.45) is 3.87. The van der Waals surface area contributed by atoms with Gasteiger partial charge in [-0.25, -0.2) is 0 Å². The number of aromatic nitrogens is 1. The molecule has 0 unspecified atom stereocenters. The number of hydrogen-bond donors (Lipinski definition) is 1. The fourth-order valence-electron chi connectivity index (χ4n) is 2.21. The Bertz CT molecular complexity index is 539. The second kappa shape index (κ2) is 5.98. The van der Waals surface area contributed by atoms with Crippen LogP contribution < -0.4 is 5.32 Å². The Kier molecular flexibility index (Phi) is 4.33. The average molecular weight is 254 g/mol. The van der Waals surface area contributed by atoms with Crippen molar-refractivity contribution in [2.75, 3.05) is 0 Å². The van der Waals surface area contributed by atoms with Crippen LogP contribution >= 0.6 is 0 Å². The van der Waals surface area contributed by atoms with Crippen LogP contribution in [0.1, 0.15) is 30.5 Å². The van der Waals surface area contributed by atoms with Crippen molar-refractivity contribution in [2.45, 2.75) is 40.3 Å². The lowest BCUT2D eigenvalue weighted by Crippen LogP contribution is -2.21. The first kappa shape index (κ1) is 13.8. The molecule has 0 atom stereocenters. The Labute approximate surface area is 115 Å². The van der Waals surface area contributed by atoms with E-state index >= 15 is 0 Å². The van der Waals surface area contributed by atoms with Gasteiger partial charge in [0.1, 0.15) is 0 Å². The van der Waals surface area contributed by atoms with Crippen LogP contribution in [-0.2, 0) is 6.54 Å². The summed E-state index contributed by atoms with van der Waals surface area (Å²) >= 11 is 0. The number of aryl methyl sites for hydroxylation is 2. The summed E-state index contributed by atoms with van der Waals surface area (Å²) in [4.78, 5) is 4.36. The summed E-state index contributed by atoms with van der Waals surface area (Å²) in [6.45, 7) is 9.44. The molecule has 2 rings (SSSR count). The summed E-state index contributed by atoms with van der Waals surface area (Å²) < 4.78 is 0. The Morgan fingerprint density at radius 2 is 1.63 bits per heavy atom. The van der Waals surface area contributed by atoms with E-state index in [4.69, 9.17) is 0 Å². The molecule has 0 fully saturated rings. The Balaban J connectivity index is 2.27. The maximum atomic E-state index is 4.36. The van der Waals surface area contributed by atoms with Gasteiger partial charge in [0.15, 0.2) is 0 Å². The monoisotopic (exact) mass is 254 g/mol. The minimum Gasteiger partial charge on any atom is -0.310 e. The third-order valence-electron chi connectivity index (χ3n) is 3.06. The third kappa shape index (κ3) is 3.90. The minimum absolute atomic E-state index is 0.491. The molecular formula is C17H22N2. The first-order valence-corrected chi connectivity index (χ1v) is 6.80. The average Bonchev–Trinajstić information content (AvgIpc) is 2.35. The Morgan fingerprint density at radius 3 is 2.26 bits per heavy atom. The van der Waals surface area contributed by atoms with Crippen LogP contribution in [0.3, 0.4) is 0 Å². The molecule has 1 aromatic carbocycles. The molecule has 2 heteroatoms. The first-order valence-electron chi connectivity index (χ1n) is 6.80. The molecule has 0 aliphatic heterocycles. The van der Waals surface area contributed by atoms with E-state index in [1.165, 1.54) is 27.8 Å². The number of hydrogen-bond acceptors (Lipinski definition) is 2. The second-order valence-corrected chi connectivity index (χ2v) is 5.49. The molecule has 0 amide bonds. The molecular weight excluding hydrogens is 232 g/mol. The van der Waals surface area contributed by atoms with Gasteiger partial charge in [0.25, 0.3) is 0 Å². The van der Waals surface area contributed by atoms with E-state index in [2.05, 4.69) is 62.3 Å². The maximum absolute atomic E-state index is 4.36. The Hall–Kier alpha value is -1.67. The van der Waals surface area contributed by atoms with Gasteiger partial charge in [-0.15, -0.1) is 0 Å². The zero-order valence-corrected chi connectivity index (χ0v) is 12.2. The van der Waals surface area contributed by atoms with E-state index in [1.807, 2.05) is 12.4 Å². The lowest BCUT2D eigenvalue weighted by Gasteiger charge is -2.10. The highest BCUT2D eigenvalue weighted by molar-refractivity contribution is 5.64.